The first-order chi connectivity index (χ1) is 22.5. The lowest BCUT2D eigenvalue weighted by molar-refractivity contribution is -0.120. The van der Waals surface area contributed by atoms with Crippen LogP contribution in [0.15, 0.2) is 109 Å². The second-order valence-corrected chi connectivity index (χ2v) is 11.3. The molecule has 1 aromatic heterocycles. The fraction of sp³-hybridized carbons (Fsp3) is 0.167. The molecule has 0 spiro atoms. The van der Waals surface area contributed by atoms with Gasteiger partial charge in [0.2, 0.25) is 5.95 Å². The summed E-state index contributed by atoms with van der Waals surface area (Å²) < 4.78 is 5.48. The first kappa shape index (κ1) is 29.0. The van der Waals surface area contributed by atoms with Crippen LogP contribution in [0.5, 0.6) is 0 Å². The molecule has 0 bridgehead atoms. The highest BCUT2D eigenvalue weighted by atomic mass is 16.5. The number of hydrogen-bond acceptors (Lipinski definition) is 8. The molecule has 230 valence electrons. The number of nitrogens with two attached hydrogens (primary N) is 1. The van der Waals surface area contributed by atoms with Crippen molar-refractivity contribution in [3.05, 3.63) is 126 Å². The van der Waals surface area contributed by atoms with Gasteiger partial charge < -0.3 is 30.9 Å². The number of morpholine rings is 1. The molecule has 1 saturated heterocycles. The minimum atomic E-state index is -0.820. The molecule has 10 heteroatoms. The molecule has 2 amide bonds. The molecule has 0 aliphatic carbocycles. The maximum Gasteiger partial charge on any atom is 0.255 e. The Kier molecular flexibility index (Phi) is 8.01. The van der Waals surface area contributed by atoms with E-state index >= 15 is 0 Å². The average Bonchev–Trinajstić information content (AvgIpc) is 3.41. The Morgan fingerprint density at radius 1 is 0.848 bits per heavy atom. The average molecular weight is 612 g/mol. The zero-order chi connectivity index (χ0) is 31.5. The van der Waals surface area contributed by atoms with E-state index < -0.39 is 6.04 Å². The predicted molar refractivity (Wildman–Crippen MR) is 179 cm³/mol. The van der Waals surface area contributed by atoms with Crippen LogP contribution in [0.3, 0.4) is 0 Å². The summed E-state index contributed by atoms with van der Waals surface area (Å²) in [6.07, 6.45) is 1.57. The third-order valence-corrected chi connectivity index (χ3v) is 8.29. The summed E-state index contributed by atoms with van der Waals surface area (Å²) >= 11 is 0. The van der Waals surface area contributed by atoms with E-state index in [2.05, 4.69) is 55.8 Å². The molecule has 1 atom stereocenters. The quantitative estimate of drug-likeness (QED) is 0.206. The normalized spacial score (nSPS) is 14.9. The van der Waals surface area contributed by atoms with Gasteiger partial charge in [0, 0.05) is 48.5 Å². The van der Waals surface area contributed by atoms with Gasteiger partial charge in [-0.05, 0) is 76.9 Å². The van der Waals surface area contributed by atoms with E-state index in [1.165, 1.54) is 5.69 Å². The Labute approximate surface area is 266 Å². The van der Waals surface area contributed by atoms with Gasteiger partial charge in [0.1, 0.15) is 11.9 Å². The molecule has 4 aromatic carbocycles. The summed E-state index contributed by atoms with van der Waals surface area (Å²) in [6, 6.07) is 32.0. The Hall–Kier alpha value is -5.74. The van der Waals surface area contributed by atoms with Gasteiger partial charge in [-0.2, -0.15) is 4.98 Å². The smallest absolute Gasteiger partial charge is 0.255 e. The second-order valence-electron chi connectivity index (χ2n) is 11.3. The number of nitrogens with one attached hydrogen (secondary N) is 2. The first-order valence-electron chi connectivity index (χ1n) is 15.2. The second kappa shape index (κ2) is 12.7. The van der Waals surface area contributed by atoms with Gasteiger partial charge in [-0.25, -0.2) is 4.98 Å². The number of aromatic nitrogens is 2. The van der Waals surface area contributed by atoms with Crippen LogP contribution < -0.4 is 21.3 Å². The third-order valence-electron chi connectivity index (χ3n) is 8.29. The maximum absolute atomic E-state index is 13.9. The summed E-state index contributed by atoms with van der Waals surface area (Å²) in [5, 5.41) is 6.18. The molecule has 2 aliphatic rings. The van der Waals surface area contributed by atoms with Crippen LogP contribution >= 0.6 is 0 Å². The van der Waals surface area contributed by atoms with Crippen molar-refractivity contribution in [1.82, 2.24) is 14.9 Å². The van der Waals surface area contributed by atoms with Gasteiger partial charge in [0.05, 0.1) is 13.2 Å². The summed E-state index contributed by atoms with van der Waals surface area (Å²) in [4.78, 5) is 39.7. The Morgan fingerprint density at radius 2 is 1.57 bits per heavy atom. The number of nitrogen functional groups attached to an aromatic ring is 1. The van der Waals surface area contributed by atoms with Crippen molar-refractivity contribution in [2.24, 2.45) is 0 Å². The molecule has 46 heavy (non-hydrogen) atoms. The van der Waals surface area contributed by atoms with Crippen molar-refractivity contribution in [1.29, 1.82) is 0 Å². The molecule has 2 aliphatic heterocycles. The van der Waals surface area contributed by atoms with E-state index in [-0.39, 0.29) is 17.8 Å². The third kappa shape index (κ3) is 6.11. The van der Waals surface area contributed by atoms with Crippen LogP contribution in [0.25, 0.3) is 11.1 Å². The lowest BCUT2D eigenvalue weighted by Crippen LogP contribution is -2.37. The molecule has 4 N–H and O–H groups in total. The molecule has 0 saturated carbocycles. The molecule has 3 heterocycles. The van der Waals surface area contributed by atoms with Gasteiger partial charge in [-0.1, -0.05) is 48.5 Å². The highest BCUT2D eigenvalue weighted by molar-refractivity contribution is 6.04. The lowest BCUT2D eigenvalue weighted by atomic mass is 10.00. The van der Waals surface area contributed by atoms with Gasteiger partial charge in [0.25, 0.3) is 11.8 Å². The largest absolute Gasteiger partial charge is 0.378 e. The van der Waals surface area contributed by atoms with Gasteiger partial charge in [0.15, 0.2) is 0 Å². The summed E-state index contributed by atoms with van der Waals surface area (Å²) in [5.41, 5.74) is 12.6. The fourth-order valence-electron chi connectivity index (χ4n) is 5.96. The summed E-state index contributed by atoms with van der Waals surface area (Å²) in [5.74, 6) is 0.273. The van der Waals surface area contributed by atoms with Crippen LogP contribution in [-0.4, -0.2) is 53.0 Å². The van der Waals surface area contributed by atoms with E-state index in [1.54, 1.807) is 29.3 Å². The molecule has 7 rings (SSSR count). The molecule has 5 aromatic rings. The van der Waals surface area contributed by atoms with Crippen molar-refractivity contribution in [3.63, 3.8) is 0 Å². The standard InChI is InChI=1S/C36H33N7O3/c37-36-38-17-16-32(41-36)39-28-9-11-29(12-10-28)40-34(44)33(25-4-2-1-3-5-25)43-23-27-22-26(8-15-31(27)35(43)45)24-6-13-30(14-7-24)42-18-20-46-21-19-42/h1-17,22,33H,18-21,23H2,(H,40,44)(H3,37,38,39,41). The Morgan fingerprint density at radius 3 is 2.30 bits per heavy atom. The van der Waals surface area contributed by atoms with Crippen molar-refractivity contribution < 1.29 is 14.3 Å². The number of rotatable bonds is 8. The SMILES string of the molecule is Nc1nccc(Nc2ccc(NC(=O)C(c3ccccc3)N3Cc4cc(-c5ccc(N6CCOCC6)cc5)ccc4C3=O)cc2)n1. The van der Waals surface area contributed by atoms with Crippen molar-refractivity contribution in [2.75, 3.05) is 47.6 Å². The number of amides is 2. The van der Waals surface area contributed by atoms with Crippen molar-refractivity contribution >= 4 is 40.6 Å². The summed E-state index contributed by atoms with van der Waals surface area (Å²) in [6.45, 7) is 3.57. The molecule has 0 radical (unpaired) electrons. The topological polar surface area (TPSA) is 126 Å². The van der Waals surface area contributed by atoms with Gasteiger partial charge in [-0.3, -0.25) is 9.59 Å². The van der Waals surface area contributed by atoms with E-state index in [0.29, 0.717) is 23.6 Å². The van der Waals surface area contributed by atoms with Crippen molar-refractivity contribution in [2.45, 2.75) is 12.6 Å². The predicted octanol–water partition coefficient (Wildman–Crippen LogP) is 5.64. The number of fused-ring (bicyclic) bond motifs is 1. The zero-order valence-electron chi connectivity index (χ0n) is 25.1. The molecular formula is C36H33N7O3. The van der Waals surface area contributed by atoms with E-state index in [1.807, 2.05) is 54.6 Å². The summed E-state index contributed by atoms with van der Waals surface area (Å²) in [7, 11) is 0. The van der Waals surface area contributed by atoms with E-state index in [9.17, 15) is 9.59 Å². The Balaban J connectivity index is 1.09. The van der Waals surface area contributed by atoms with Crippen molar-refractivity contribution in [3.8, 4) is 11.1 Å². The number of nitrogens with zero attached hydrogens (tertiary/aromatic N) is 4. The van der Waals surface area contributed by atoms with Crippen LogP contribution in [0, 0.1) is 0 Å². The van der Waals surface area contributed by atoms with E-state index in [0.717, 1.165) is 54.2 Å². The number of anilines is 5. The van der Waals surface area contributed by atoms with Crippen LogP contribution in [0.4, 0.5) is 28.8 Å². The van der Waals surface area contributed by atoms with E-state index in [4.69, 9.17) is 10.5 Å². The number of benzene rings is 4. The van der Waals surface area contributed by atoms with Gasteiger partial charge >= 0.3 is 0 Å². The number of hydrogen-bond donors (Lipinski definition) is 3. The highest BCUT2D eigenvalue weighted by Crippen LogP contribution is 2.35. The zero-order valence-corrected chi connectivity index (χ0v) is 25.1. The monoisotopic (exact) mass is 611 g/mol. The first-order valence-corrected chi connectivity index (χ1v) is 15.2. The fourth-order valence-corrected chi connectivity index (χ4v) is 5.96. The minimum absolute atomic E-state index is 0.170. The number of carbonyl (C=O) groups is 2. The Bertz CT molecular complexity index is 1860. The van der Waals surface area contributed by atoms with Crippen LogP contribution in [0.1, 0.15) is 27.5 Å². The number of ether oxygens (including phenoxy) is 1. The minimum Gasteiger partial charge on any atom is -0.378 e. The lowest BCUT2D eigenvalue weighted by Gasteiger charge is -2.28. The molecular weight excluding hydrogens is 578 g/mol. The maximum atomic E-state index is 13.9. The van der Waals surface area contributed by atoms with Gasteiger partial charge in [-0.15, -0.1) is 0 Å². The molecule has 10 nitrogen and oxygen atoms in total. The molecule has 1 unspecified atom stereocenters. The molecule has 1 fully saturated rings. The number of carbonyl (C=O) groups excluding carboxylic acids is 2. The van der Waals surface area contributed by atoms with Crippen LogP contribution in [-0.2, 0) is 16.1 Å². The highest BCUT2D eigenvalue weighted by Gasteiger charge is 2.37. The van der Waals surface area contributed by atoms with Crippen LogP contribution in [0.2, 0.25) is 0 Å².